The maximum Gasteiger partial charge on any atom is 0.251 e. The van der Waals surface area contributed by atoms with E-state index in [9.17, 15) is 13.6 Å². The minimum absolute atomic E-state index is 0.163. The van der Waals surface area contributed by atoms with Crippen LogP contribution in [0, 0.1) is 11.6 Å². The molecule has 104 valence electrons. The van der Waals surface area contributed by atoms with E-state index in [1.165, 1.54) is 12.1 Å². The average molecular weight is 276 g/mol. The third-order valence-electron chi connectivity index (χ3n) is 2.79. The highest BCUT2D eigenvalue weighted by molar-refractivity contribution is 5.94. The van der Waals surface area contributed by atoms with Gasteiger partial charge in [0.2, 0.25) is 0 Å². The predicted octanol–water partition coefficient (Wildman–Crippen LogP) is 2.94. The summed E-state index contributed by atoms with van der Waals surface area (Å²) in [7, 11) is 1.56. The van der Waals surface area contributed by atoms with E-state index in [0.717, 1.165) is 11.8 Å². The Kier molecular flexibility index (Phi) is 4.30. The highest BCUT2D eigenvalue weighted by atomic mass is 19.1. The first-order chi connectivity index (χ1) is 9.58. The Hall–Kier alpha value is -2.43. The van der Waals surface area contributed by atoms with Gasteiger partial charge in [-0.2, -0.15) is 0 Å². The normalized spacial score (nSPS) is 10.2. The maximum absolute atomic E-state index is 13.0. The molecule has 0 aliphatic rings. The quantitative estimate of drug-likeness (QED) is 0.901. The largest absolute Gasteiger partial charge is 0.381 e. The summed E-state index contributed by atoms with van der Waals surface area (Å²) in [5, 5.41) is 5.56. The number of anilines is 1. The topological polar surface area (TPSA) is 41.1 Å². The van der Waals surface area contributed by atoms with Gasteiger partial charge in [-0.05, 0) is 42.0 Å². The van der Waals surface area contributed by atoms with Crippen molar-refractivity contribution in [3.63, 3.8) is 0 Å². The number of nitrogens with one attached hydrogen (secondary N) is 2. The summed E-state index contributed by atoms with van der Waals surface area (Å²) in [4.78, 5) is 11.4. The van der Waals surface area contributed by atoms with Gasteiger partial charge in [0.05, 0.1) is 0 Å². The van der Waals surface area contributed by atoms with E-state index in [1.54, 1.807) is 31.3 Å². The Morgan fingerprint density at radius 3 is 2.20 bits per heavy atom. The van der Waals surface area contributed by atoms with Gasteiger partial charge in [0.25, 0.3) is 5.91 Å². The van der Waals surface area contributed by atoms with Crippen LogP contribution in [0.5, 0.6) is 0 Å². The number of carbonyl (C=O) groups excluding carboxylic acids is 1. The van der Waals surface area contributed by atoms with Crippen LogP contribution in [-0.2, 0) is 6.54 Å². The Labute approximate surface area is 115 Å². The Balaban J connectivity index is 2.02. The molecule has 0 aliphatic heterocycles. The molecule has 0 saturated carbocycles. The van der Waals surface area contributed by atoms with Gasteiger partial charge in [-0.15, -0.1) is 0 Å². The molecule has 0 aromatic heterocycles. The van der Waals surface area contributed by atoms with Crippen molar-refractivity contribution < 1.29 is 13.6 Å². The monoisotopic (exact) mass is 276 g/mol. The van der Waals surface area contributed by atoms with E-state index in [4.69, 9.17) is 0 Å². The molecule has 0 radical (unpaired) electrons. The molecule has 2 rings (SSSR count). The van der Waals surface area contributed by atoms with Gasteiger partial charge < -0.3 is 10.6 Å². The molecule has 2 aromatic carbocycles. The fourth-order valence-electron chi connectivity index (χ4n) is 1.80. The lowest BCUT2D eigenvalue weighted by molar-refractivity contribution is 0.0963. The lowest BCUT2D eigenvalue weighted by atomic mass is 10.1. The maximum atomic E-state index is 13.0. The first kappa shape index (κ1) is 14.0. The number of benzene rings is 2. The summed E-state index contributed by atoms with van der Waals surface area (Å²) >= 11 is 0. The van der Waals surface area contributed by atoms with Crippen molar-refractivity contribution in [1.29, 1.82) is 0 Å². The van der Waals surface area contributed by atoms with Crippen LogP contribution in [-0.4, -0.2) is 13.0 Å². The van der Waals surface area contributed by atoms with E-state index in [-0.39, 0.29) is 5.91 Å². The zero-order chi connectivity index (χ0) is 14.5. The number of rotatable bonds is 4. The third-order valence-corrected chi connectivity index (χ3v) is 2.79. The van der Waals surface area contributed by atoms with E-state index in [2.05, 4.69) is 10.6 Å². The van der Waals surface area contributed by atoms with Crippen molar-refractivity contribution >= 4 is 11.6 Å². The molecule has 2 aromatic rings. The van der Waals surface area contributed by atoms with Gasteiger partial charge in [0, 0.05) is 30.9 Å². The molecule has 5 heteroatoms. The Bertz CT molecular complexity index is 592. The number of hydrogen-bond acceptors (Lipinski definition) is 2. The SMILES string of the molecule is CNC(=O)c1ccc(NCc2cc(F)cc(F)c2)cc1. The van der Waals surface area contributed by atoms with Gasteiger partial charge in [-0.3, -0.25) is 4.79 Å². The lowest BCUT2D eigenvalue weighted by Gasteiger charge is -2.08. The Morgan fingerprint density at radius 2 is 1.65 bits per heavy atom. The average Bonchev–Trinajstić information content (AvgIpc) is 2.44. The van der Waals surface area contributed by atoms with Crippen molar-refractivity contribution in [3.05, 3.63) is 65.2 Å². The van der Waals surface area contributed by atoms with Crippen molar-refractivity contribution in [2.75, 3.05) is 12.4 Å². The van der Waals surface area contributed by atoms with Crippen LogP contribution < -0.4 is 10.6 Å². The molecule has 0 heterocycles. The van der Waals surface area contributed by atoms with Crippen LogP contribution in [0.15, 0.2) is 42.5 Å². The molecule has 20 heavy (non-hydrogen) atoms. The fraction of sp³-hybridized carbons (Fsp3) is 0.133. The van der Waals surface area contributed by atoms with E-state index in [0.29, 0.717) is 17.7 Å². The zero-order valence-electron chi connectivity index (χ0n) is 10.9. The second-order valence-corrected chi connectivity index (χ2v) is 4.29. The van der Waals surface area contributed by atoms with Crippen LogP contribution in [0.3, 0.4) is 0 Å². The van der Waals surface area contributed by atoms with Gasteiger partial charge in [0.15, 0.2) is 0 Å². The van der Waals surface area contributed by atoms with Crippen LogP contribution in [0.4, 0.5) is 14.5 Å². The summed E-state index contributed by atoms with van der Waals surface area (Å²) in [5.74, 6) is -1.36. The van der Waals surface area contributed by atoms with E-state index in [1.807, 2.05) is 0 Å². The van der Waals surface area contributed by atoms with Crippen molar-refractivity contribution in [2.45, 2.75) is 6.54 Å². The molecule has 0 unspecified atom stereocenters. The number of carbonyl (C=O) groups is 1. The van der Waals surface area contributed by atoms with Crippen LogP contribution in [0.1, 0.15) is 15.9 Å². The molecule has 0 fully saturated rings. The van der Waals surface area contributed by atoms with Gasteiger partial charge in [-0.25, -0.2) is 8.78 Å². The third kappa shape index (κ3) is 3.54. The summed E-state index contributed by atoms with van der Waals surface area (Å²) in [5.41, 5.74) is 1.83. The molecule has 0 saturated heterocycles. The molecule has 0 atom stereocenters. The second-order valence-electron chi connectivity index (χ2n) is 4.29. The predicted molar refractivity (Wildman–Crippen MR) is 73.5 cm³/mol. The molecular formula is C15H14F2N2O. The minimum Gasteiger partial charge on any atom is -0.381 e. The molecular weight excluding hydrogens is 262 g/mol. The van der Waals surface area contributed by atoms with Gasteiger partial charge in [0.1, 0.15) is 11.6 Å². The minimum atomic E-state index is -0.600. The smallest absolute Gasteiger partial charge is 0.251 e. The van der Waals surface area contributed by atoms with Gasteiger partial charge >= 0.3 is 0 Å². The lowest BCUT2D eigenvalue weighted by Crippen LogP contribution is -2.17. The van der Waals surface area contributed by atoms with E-state index < -0.39 is 11.6 Å². The molecule has 0 bridgehead atoms. The summed E-state index contributed by atoms with van der Waals surface area (Å²) in [6, 6.07) is 10.2. The zero-order valence-corrected chi connectivity index (χ0v) is 10.9. The van der Waals surface area contributed by atoms with Crippen molar-refractivity contribution in [2.24, 2.45) is 0 Å². The fourth-order valence-corrected chi connectivity index (χ4v) is 1.80. The standard InChI is InChI=1S/C15H14F2N2O/c1-18-15(20)11-2-4-14(5-3-11)19-9-10-6-12(16)8-13(17)7-10/h2-8,19H,9H2,1H3,(H,18,20). The van der Waals surface area contributed by atoms with E-state index >= 15 is 0 Å². The first-order valence-electron chi connectivity index (χ1n) is 6.09. The molecule has 0 spiro atoms. The summed E-state index contributed by atoms with van der Waals surface area (Å²) in [6.07, 6.45) is 0. The van der Waals surface area contributed by atoms with Gasteiger partial charge in [-0.1, -0.05) is 0 Å². The highest BCUT2D eigenvalue weighted by Gasteiger charge is 2.03. The summed E-state index contributed by atoms with van der Waals surface area (Å²) < 4.78 is 26.0. The van der Waals surface area contributed by atoms with Crippen LogP contribution >= 0.6 is 0 Å². The Morgan fingerprint density at radius 1 is 1.05 bits per heavy atom. The molecule has 0 aliphatic carbocycles. The number of amides is 1. The van der Waals surface area contributed by atoms with Crippen molar-refractivity contribution in [3.8, 4) is 0 Å². The van der Waals surface area contributed by atoms with Crippen molar-refractivity contribution in [1.82, 2.24) is 5.32 Å². The number of halogens is 2. The number of hydrogen-bond donors (Lipinski definition) is 2. The molecule has 1 amide bonds. The highest BCUT2D eigenvalue weighted by Crippen LogP contribution is 2.13. The molecule has 3 nitrogen and oxygen atoms in total. The first-order valence-corrected chi connectivity index (χ1v) is 6.09. The summed E-state index contributed by atoms with van der Waals surface area (Å²) in [6.45, 7) is 0.300. The van der Waals surface area contributed by atoms with Crippen LogP contribution in [0.2, 0.25) is 0 Å². The molecule has 2 N–H and O–H groups in total. The van der Waals surface area contributed by atoms with Crippen LogP contribution in [0.25, 0.3) is 0 Å². The second kappa shape index (κ2) is 6.14.